The lowest BCUT2D eigenvalue weighted by Gasteiger charge is -2.05. The summed E-state index contributed by atoms with van der Waals surface area (Å²) in [5.41, 5.74) is 6.51. The van der Waals surface area contributed by atoms with Crippen LogP contribution in [0.15, 0.2) is 27.1 Å². The average molecular weight is 298 g/mol. The number of aryl methyl sites for hydroxylation is 2. The third-order valence-corrected chi connectivity index (χ3v) is 2.95. The van der Waals surface area contributed by atoms with Crippen LogP contribution in [0, 0.1) is 0 Å². The fourth-order valence-electron chi connectivity index (χ4n) is 1.48. The van der Waals surface area contributed by atoms with Gasteiger partial charge in [0.2, 0.25) is 5.89 Å². The highest BCUT2D eigenvalue weighted by molar-refractivity contribution is 9.10. The molecule has 0 radical (unpaired) electrons. The quantitative estimate of drug-likeness (QED) is 0.936. The number of nitrogens with two attached hydrogens (primary N) is 1. The second-order valence-corrected chi connectivity index (χ2v) is 4.36. The standard InChI is InChI=1S/C11H12BrN3O2/c1-16-9-4-2-7(6-8(9)12)3-5-10-14-15-11(13)17-10/h2,4,6H,3,5H2,1H3,(H2,13,15). The molecule has 0 bridgehead atoms. The van der Waals surface area contributed by atoms with E-state index in [-0.39, 0.29) is 6.01 Å². The summed E-state index contributed by atoms with van der Waals surface area (Å²) in [7, 11) is 1.64. The van der Waals surface area contributed by atoms with E-state index in [1.807, 2.05) is 18.2 Å². The molecule has 1 aromatic heterocycles. The van der Waals surface area contributed by atoms with Gasteiger partial charge in [0.1, 0.15) is 5.75 Å². The Morgan fingerprint density at radius 2 is 2.18 bits per heavy atom. The van der Waals surface area contributed by atoms with Crippen molar-refractivity contribution in [2.75, 3.05) is 12.8 Å². The maximum Gasteiger partial charge on any atom is 0.312 e. The number of methoxy groups -OCH3 is 1. The molecule has 0 fully saturated rings. The summed E-state index contributed by atoms with van der Waals surface area (Å²) in [4.78, 5) is 0. The van der Waals surface area contributed by atoms with Crippen LogP contribution >= 0.6 is 15.9 Å². The number of hydrogen-bond donors (Lipinski definition) is 1. The van der Waals surface area contributed by atoms with E-state index < -0.39 is 0 Å². The van der Waals surface area contributed by atoms with E-state index in [0.29, 0.717) is 12.3 Å². The summed E-state index contributed by atoms with van der Waals surface area (Å²) in [6.45, 7) is 0. The molecule has 0 saturated heterocycles. The first-order chi connectivity index (χ1) is 8.19. The van der Waals surface area contributed by atoms with Crippen LogP contribution < -0.4 is 10.5 Å². The Kier molecular flexibility index (Phi) is 3.63. The fourth-order valence-corrected chi connectivity index (χ4v) is 2.07. The minimum absolute atomic E-state index is 0.107. The molecule has 0 unspecified atom stereocenters. The van der Waals surface area contributed by atoms with Gasteiger partial charge in [-0.05, 0) is 40.0 Å². The third kappa shape index (κ3) is 2.97. The van der Waals surface area contributed by atoms with Gasteiger partial charge in [-0.3, -0.25) is 0 Å². The number of anilines is 1. The highest BCUT2D eigenvalue weighted by atomic mass is 79.9. The zero-order valence-electron chi connectivity index (χ0n) is 9.31. The second-order valence-electron chi connectivity index (χ2n) is 3.50. The molecule has 5 nitrogen and oxygen atoms in total. The molecular weight excluding hydrogens is 286 g/mol. The highest BCUT2D eigenvalue weighted by Crippen LogP contribution is 2.25. The fraction of sp³-hybridized carbons (Fsp3) is 0.273. The molecule has 1 aromatic carbocycles. The molecule has 6 heteroatoms. The molecule has 2 rings (SSSR count). The Morgan fingerprint density at radius 3 is 2.76 bits per heavy atom. The number of aromatic nitrogens is 2. The highest BCUT2D eigenvalue weighted by Gasteiger charge is 2.05. The van der Waals surface area contributed by atoms with Crippen molar-refractivity contribution in [2.45, 2.75) is 12.8 Å². The number of benzene rings is 1. The molecule has 0 aliphatic carbocycles. The Labute approximate surface area is 107 Å². The molecule has 0 aliphatic rings. The van der Waals surface area contributed by atoms with Crippen molar-refractivity contribution in [3.63, 3.8) is 0 Å². The summed E-state index contributed by atoms with van der Waals surface area (Å²) in [5, 5.41) is 7.41. The van der Waals surface area contributed by atoms with Crippen LogP contribution in [0.4, 0.5) is 6.01 Å². The first-order valence-corrected chi connectivity index (χ1v) is 5.88. The van der Waals surface area contributed by atoms with Crippen LogP contribution in [0.2, 0.25) is 0 Å². The van der Waals surface area contributed by atoms with E-state index in [0.717, 1.165) is 22.2 Å². The van der Waals surface area contributed by atoms with Crippen molar-refractivity contribution in [1.29, 1.82) is 0 Å². The van der Waals surface area contributed by atoms with Gasteiger partial charge in [0, 0.05) is 6.42 Å². The number of halogens is 1. The number of rotatable bonds is 4. The molecule has 90 valence electrons. The lowest BCUT2D eigenvalue weighted by molar-refractivity contribution is 0.412. The third-order valence-electron chi connectivity index (χ3n) is 2.33. The monoisotopic (exact) mass is 297 g/mol. The summed E-state index contributed by atoms with van der Waals surface area (Å²) in [6, 6.07) is 6.04. The molecule has 0 aliphatic heterocycles. The van der Waals surface area contributed by atoms with Gasteiger partial charge in [0.15, 0.2) is 0 Å². The average Bonchev–Trinajstić information content (AvgIpc) is 2.73. The number of ether oxygens (including phenoxy) is 1. The van der Waals surface area contributed by atoms with E-state index in [2.05, 4.69) is 26.1 Å². The first-order valence-electron chi connectivity index (χ1n) is 5.09. The van der Waals surface area contributed by atoms with Crippen molar-refractivity contribution < 1.29 is 9.15 Å². The van der Waals surface area contributed by atoms with Gasteiger partial charge >= 0.3 is 6.01 Å². The minimum Gasteiger partial charge on any atom is -0.496 e. The SMILES string of the molecule is COc1ccc(CCc2nnc(N)o2)cc1Br. The zero-order valence-corrected chi connectivity index (χ0v) is 10.9. The maximum absolute atomic E-state index is 5.35. The Hall–Kier alpha value is -1.56. The number of hydrogen-bond acceptors (Lipinski definition) is 5. The predicted molar refractivity (Wildman–Crippen MR) is 66.8 cm³/mol. The van der Waals surface area contributed by atoms with Crippen molar-refractivity contribution in [3.8, 4) is 5.75 Å². The van der Waals surface area contributed by atoms with E-state index in [1.54, 1.807) is 7.11 Å². The number of nitrogen functional groups attached to an aromatic ring is 1. The predicted octanol–water partition coefficient (Wildman–Crippen LogP) is 2.21. The van der Waals surface area contributed by atoms with Gasteiger partial charge in [-0.15, -0.1) is 5.10 Å². The van der Waals surface area contributed by atoms with Crippen LogP contribution in [0.3, 0.4) is 0 Å². The van der Waals surface area contributed by atoms with Gasteiger partial charge in [-0.2, -0.15) is 0 Å². The van der Waals surface area contributed by atoms with Crippen LogP contribution in [0.25, 0.3) is 0 Å². The summed E-state index contributed by atoms with van der Waals surface area (Å²) >= 11 is 3.44. The largest absolute Gasteiger partial charge is 0.496 e. The molecule has 0 amide bonds. The smallest absolute Gasteiger partial charge is 0.312 e. The maximum atomic E-state index is 5.35. The second kappa shape index (κ2) is 5.18. The van der Waals surface area contributed by atoms with E-state index in [1.165, 1.54) is 0 Å². The van der Waals surface area contributed by atoms with Crippen LogP contribution in [0.1, 0.15) is 11.5 Å². The van der Waals surface area contributed by atoms with Crippen LogP contribution in [-0.2, 0) is 12.8 Å². The van der Waals surface area contributed by atoms with Gasteiger partial charge in [0.05, 0.1) is 11.6 Å². The van der Waals surface area contributed by atoms with Gasteiger partial charge in [0.25, 0.3) is 0 Å². The summed E-state index contributed by atoms with van der Waals surface area (Å²) < 4.78 is 11.2. The lowest BCUT2D eigenvalue weighted by Crippen LogP contribution is -1.93. The van der Waals surface area contributed by atoms with Crippen molar-refractivity contribution in [3.05, 3.63) is 34.1 Å². The molecular formula is C11H12BrN3O2. The van der Waals surface area contributed by atoms with E-state index >= 15 is 0 Å². The number of nitrogens with zero attached hydrogens (tertiary/aromatic N) is 2. The van der Waals surface area contributed by atoms with Crippen LogP contribution in [0.5, 0.6) is 5.75 Å². The normalized spacial score (nSPS) is 10.5. The Morgan fingerprint density at radius 1 is 1.35 bits per heavy atom. The van der Waals surface area contributed by atoms with Crippen LogP contribution in [-0.4, -0.2) is 17.3 Å². The Bertz CT molecular complexity index is 513. The van der Waals surface area contributed by atoms with Crippen molar-refractivity contribution >= 4 is 21.9 Å². The van der Waals surface area contributed by atoms with E-state index in [9.17, 15) is 0 Å². The molecule has 2 N–H and O–H groups in total. The topological polar surface area (TPSA) is 74.2 Å². The molecule has 0 saturated carbocycles. The zero-order chi connectivity index (χ0) is 12.3. The van der Waals surface area contributed by atoms with Gasteiger partial charge in [-0.25, -0.2) is 0 Å². The van der Waals surface area contributed by atoms with Gasteiger partial charge in [-0.1, -0.05) is 11.2 Å². The minimum atomic E-state index is 0.107. The molecule has 17 heavy (non-hydrogen) atoms. The first kappa shape index (κ1) is 11.9. The summed E-state index contributed by atoms with van der Waals surface area (Å²) in [6.07, 6.45) is 1.48. The lowest BCUT2D eigenvalue weighted by atomic mass is 10.1. The Balaban J connectivity index is 2.02. The summed E-state index contributed by atoms with van der Waals surface area (Å²) in [5.74, 6) is 1.37. The molecule has 1 heterocycles. The van der Waals surface area contributed by atoms with Crippen molar-refractivity contribution in [1.82, 2.24) is 10.2 Å². The van der Waals surface area contributed by atoms with E-state index in [4.69, 9.17) is 14.9 Å². The van der Waals surface area contributed by atoms with Crippen molar-refractivity contribution in [2.24, 2.45) is 0 Å². The molecule has 0 atom stereocenters. The van der Waals surface area contributed by atoms with Gasteiger partial charge < -0.3 is 14.9 Å². The molecule has 0 spiro atoms. The molecule has 2 aromatic rings.